The molecule has 1 aromatic heterocycles. The van der Waals surface area contributed by atoms with Crippen LogP contribution in [0, 0.1) is 5.92 Å². The van der Waals surface area contributed by atoms with Gasteiger partial charge in [-0.1, -0.05) is 13.8 Å². The van der Waals surface area contributed by atoms with Gasteiger partial charge < -0.3 is 31.6 Å². The highest BCUT2D eigenvalue weighted by atomic mass is 16.4. The van der Waals surface area contributed by atoms with Crippen LogP contribution in [0.1, 0.15) is 26.0 Å². The summed E-state index contributed by atoms with van der Waals surface area (Å²) in [6, 6.07) is -3.63. The molecule has 0 aliphatic heterocycles. The third-order valence-corrected chi connectivity index (χ3v) is 3.63. The summed E-state index contributed by atoms with van der Waals surface area (Å²) in [5, 5.41) is 22.4. The van der Waals surface area contributed by atoms with Gasteiger partial charge in [-0.05, 0) is 5.92 Å². The van der Waals surface area contributed by atoms with Gasteiger partial charge in [0.05, 0.1) is 18.8 Å². The van der Waals surface area contributed by atoms with Crippen LogP contribution in [0.3, 0.4) is 0 Å². The fourth-order valence-electron chi connectivity index (χ4n) is 2.04. The number of nitrogens with one attached hydrogen (secondary N) is 3. The van der Waals surface area contributed by atoms with E-state index < -0.39 is 48.3 Å². The zero-order valence-corrected chi connectivity index (χ0v) is 14.4. The number of carboxylic acid groups (broad SMARTS) is 2. The number of aliphatic carboxylic acids is 2. The first-order chi connectivity index (χ1) is 12.1. The van der Waals surface area contributed by atoms with Gasteiger partial charge in [0.2, 0.25) is 11.8 Å². The first kappa shape index (κ1) is 21.1. The number of hydrogen-bond acceptors (Lipinski definition) is 6. The van der Waals surface area contributed by atoms with Gasteiger partial charge in [0.15, 0.2) is 0 Å². The van der Waals surface area contributed by atoms with Crippen molar-refractivity contribution < 1.29 is 29.4 Å². The van der Waals surface area contributed by atoms with E-state index in [0.29, 0.717) is 5.69 Å². The number of rotatable bonds is 10. The monoisotopic (exact) mass is 369 g/mol. The molecule has 11 nitrogen and oxygen atoms in total. The standard InChI is InChI=1S/C15H23N5O6/c1-7(2)12(16)14(24)19-9(3-8-5-17-6-18-8)13(23)20-10(15(25)26)4-11(21)22/h5-7,9-10,12H,3-4,16H2,1-2H3,(H,17,18)(H,19,24)(H,20,23)(H,21,22)(H,25,26)/t9-,10-,12-/m0/s1. The fraction of sp³-hybridized carbons (Fsp3) is 0.533. The van der Waals surface area contributed by atoms with Crippen LogP contribution in [0.2, 0.25) is 0 Å². The zero-order valence-electron chi connectivity index (χ0n) is 14.4. The van der Waals surface area contributed by atoms with E-state index in [1.807, 2.05) is 0 Å². The Balaban J connectivity index is 2.91. The molecule has 0 bridgehead atoms. The molecule has 26 heavy (non-hydrogen) atoms. The van der Waals surface area contributed by atoms with Gasteiger partial charge >= 0.3 is 11.9 Å². The van der Waals surface area contributed by atoms with Crippen molar-refractivity contribution in [2.24, 2.45) is 11.7 Å². The molecule has 1 heterocycles. The third-order valence-electron chi connectivity index (χ3n) is 3.63. The molecule has 3 atom stereocenters. The summed E-state index contributed by atoms with van der Waals surface area (Å²) in [6.07, 6.45) is 2.04. The molecular formula is C15H23N5O6. The Labute approximate surface area is 149 Å². The van der Waals surface area contributed by atoms with Crippen molar-refractivity contribution in [3.63, 3.8) is 0 Å². The van der Waals surface area contributed by atoms with Gasteiger partial charge in [0.25, 0.3) is 0 Å². The average molecular weight is 369 g/mol. The lowest BCUT2D eigenvalue weighted by Gasteiger charge is -2.23. The van der Waals surface area contributed by atoms with Crippen molar-refractivity contribution in [1.29, 1.82) is 0 Å². The summed E-state index contributed by atoms with van der Waals surface area (Å²) in [6.45, 7) is 3.48. The first-order valence-electron chi connectivity index (χ1n) is 7.90. The van der Waals surface area contributed by atoms with Crippen molar-refractivity contribution in [2.45, 2.75) is 44.8 Å². The van der Waals surface area contributed by atoms with Gasteiger partial charge in [-0.25, -0.2) is 9.78 Å². The number of aromatic amines is 1. The number of carbonyl (C=O) groups excluding carboxylic acids is 2. The molecular weight excluding hydrogens is 346 g/mol. The number of carboxylic acids is 2. The number of aromatic nitrogens is 2. The summed E-state index contributed by atoms with van der Waals surface area (Å²) in [5.41, 5.74) is 6.28. The Kier molecular flexibility index (Phi) is 7.72. The van der Waals surface area contributed by atoms with E-state index in [4.69, 9.17) is 15.9 Å². The summed E-state index contributed by atoms with van der Waals surface area (Å²) in [5.74, 6) is -4.47. The molecule has 0 aliphatic rings. The largest absolute Gasteiger partial charge is 0.481 e. The van der Waals surface area contributed by atoms with E-state index in [9.17, 15) is 19.2 Å². The number of nitrogens with zero attached hydrogens (tertiary/aromatic N) is 1. The molecule has 2 amide bonds. The van der Waals surface area contributed by atoms with Gasteiger partial charge in [-0.15, -0.1) is 0 Å². The number of H-pyrrole nitrogens is 1. The quantitative estimate of drug-likeness (QED) is 0.286. The molecule has 0 fully saturated rings. The number of hydrogen-bond donors (Lipinski definition) is 6. The summed E-state index contributed by atoms with van der Waals surface area (Å²) < 4.78 is 0. The lowest BCUT2D eigenvalue weighted by Crippen LogP contribution is -2.56. The number of nitrogens with two attached hydrogens (primary N) is 1. The third kappa shape index (κ3) is 6.51. The summed E-state index contributed by atoms with van der Waals surface area (Å²) in [4.78, 5) is 53.1. The lowest BCUT2D eigenvalue weighted by atomic mass is 10.0. The molecule has 1 rings (SSSR count). The van der Waals surface area contributed by atoms with Gasteiger partial charge in [-0.2, -0.15) is 0 Å². The second-order valence-electron chi connectivity index (χ2n) is 6.11. The highest BCUT2D eigenvalue weighted by Gasteiger charge is 2.30. The van der Waals surface area contributed by atoms with E-state index >= 15 is 0 Å². The van der Waals surface area contributed by atoms with Crippen molar-refractivity contribution in [2.75, 3.05) is 0 Å². The highest BCUT2D eigenvalue weighted by molar-refractivity contribution is 5.92. The van der Waals surface area contributed by atoms with E-state index in [0.717, 1.165) is 0 Å². The van der Waals surface area contributed by atoms with Crippen LogP contribution < -0.4 is 16.4 Å². The van der Waals surface area contributed by atoms with E-state index in [2.05, 4.69) is 20.6 Å². The normalized spacial score (nSPS) is 14.3. The van der Waals surface area contributed by atoms with Crippen LogP contribution in [0.4, 0.5) is 0 Å². The van der Waals surface area contributed by atoms with Crippen LogP contribution in [0.5, 0.6) is 0 Å². The molecule has 1 aromatic rings. The lowest BCUT2D eigenvalue weighted by molar-refractivity contribution is -0.147. The van der Waals surface area contributed by atoms with Crippen LogP contribution >= 0.6 is 0 Å². The Morgan fingerprint density at radius 1 is 1.15 bits per heavy atom. The highest BCUT2D eigenvalue weighted by Crippen LogP contribution is 2.04. The molecule has 0 aromatic carbocycles. The summed E-state index contributed by atoms with van der Waals surface area (Å²) >= 11 is 0. The Morgan fingerprint density at radius 3 is 2.23 bits per heavy atom. The molecule has 0 unspecified atom stereocenters. The molecule has 0 aliphatic carbocycles. The maximum Gasteiger partial charge on any atom is 0.326 e. The SMILES string of the molecule is CC(C)[C@H](N)C(=O)N[C@@H](Cc1cnc[nH]1)C(=O)N[C@@H](CC(=O)O)C(=O)O. The van der Waals surface area contributed by atoms with Crippen LogP contribution in [0.25, 0.3) is 0 Å². The Bertz CT molecular complexity index is 645. The molecule has 0 spiro atoms. The predicted octanol–water partition coefficient (Wildman–Crippen LogP) is -1.54. The zero-order chi connectivity index (χ0) is 19.9. The van der Waals surface area contributed by atoms with Crippen LogP contribution in [-0.4, -0.2) is 62.1 Å². The maximum atomic E-state index is 12.4. The number of carbonyl (C=O) groups is 4. The smallest absolute Gasteiger partial charge is 0.326 e. The molecule has 0 radical (unpaired) electrons. The number of amides is 2. The second-order valence-corrected chi connectivity index (χ2v) is 6.11. The Hall–Kier alpha value is -2.95. The molecule has 0 saturated carbocycles. The van der Waals surface area contributed by atoms with Crippen LogP contribution in [-0.2, 0) is 25.6 Å². The molecule has 0 saturated heterocycles. The number of imidazole rings is 1. The van der Waals surface area contributed by atoms with Gasteiger partial charge in [-0.3, -0.25) is 14.4 Å². The molecule has 7 N–H and O–H groups in total. The van der Waals surface area contributed by atoms with E-state index in [-0.39, 0.29) is 12.3 Å². The minimum Gasteiger partial charge on any atom is -0.481 e. The minimum atomic E-state index is -1.63. The average Bonchev–Trinajstić information content (AvgIpc) is 3.04. The maximum absolute atomic E-state index is 12.4. The summed E-state index contributed by atoms with van der Waals surface area (Å²) in [7, 11) is 0. The van der Waals surface area contributed by atoms with Gasteiger partial charge in [0, 0.05) is 18.3 Å². The predicted molar refractivity (Wildman–Crippen MR) is 88.9 cm³/mol. The Morgan fingerprint density at radius 2 is 1.77 bits per heavy atom. The van der Waals surface area contributed by atoms with E-state index in [1.165, 1.54) is 12.5 Å². The van der Waals surface area contributed by atoms with Crippen molar-refractivity contribution >= 4 is 23.8 Å². The topological polar surface area (TPSA) is 187 Å². The second kappa shape index (κ2) is 9.51. The van der Waals surface area contributed by atoms with Crippen molar-refractivity contribution in [1.82, 2.24) is 20.6 Å². The first-order valence-corrected chi connectivity index (χ1v) is 7.90. The minimum absolute atomic E-state index is 0.00178. The molecule has 11 heteroatoms. The van der Waals surface area contributed by atoms with Crippen molar-refractivity contribution in [3.8, 4) is 0 Å². The van der Waals surface area contributed by atoms with Crippen LogP contribution in [0.15, 0.2) is 12.5 Å². The fourth-order valence-corrected chi connectivity index (χ4v) is 2.04. The van der Waals surface area contributed by atoms with Crippen molar-refractivity contribution in [3.05, 3.63) is 18.2 Å². The van der Waals surface area contributed by atoms with E-state index in [1.54, 1.807) is 13.8 Å². The van der Waals surface area contributed by atoms with Gasteiger partial charge in [0.1, 0.15) is 12.1 Å². The molecule has 144 valence electrons.